The fraction of sp³-hybridized carbons (Fsp3) is 0.438. The highest BCUT2D eigenvalue weighted by molar-refractivity contribution is 7.46. The number of hydrogen-bond acceptors (Lipinski definition) is 9. The average Bonchev–Trinajstić information content (AvgIpc) is 2.61. The molecule has 0 spiro atoms. The summed E-state index contributed by atoms with van der Waals surface area (Å²) in [4.78, 5) is 30.2. The minimum Gasteiger partial charge on any atom is -0.423 e. The van der Waals surface area contributed by atoms with Crippen molar-refractivity contribution in [2.24, 2.45) is 0 Å². The third-order valence-corrected chi connectivity index (χ3v) is 5.56. The molecule has 0 amide bonds. The topological polar surface area (TPSA) is 198 Å². The van der Waals surface area contributed by atoms with Crippen LogP contribution < -0.4 is 5.63 Å². The first kappa shape index (κ1) is 21.1. The van der Waals surface area contributed by atoms with Crippen molar-refractivity contribution in [2.75, 3.05) is 0 Å². The molecule has 1 aromatic carbocycles. The molecule has 0 saturated heterocycles. The number of fused-ring (bicyclic) bond motifs is 1. The van der Waals surface area contributed by atoms with Gasteiger partial charge in [0, 0.05) is 11.5 Å². The molecule has 2 aromatic rings. The number of rotatable bonds is 3. The van der Waals surface area contributed by atoms with Crippen LogP contribution in [0.4, 0.5) is 0 Å². The first-order valence-corrected chi connectivity index (χ1v) is 9.59. The Hall–Kier alpha value is -1.66. The molecule has 1 aliphatic carbocycles. The normalized spacial score (nSPS) is 36.6. The largest absolute Gasteiger partial charge is 0.470 e. The molecule has 0 aliphatic heterocycles. The van der Waals surface area contributed by atoms with Gasteiger partial charge in [0.25, 0.3) is 0 Å². The number of aliphatic hydroxyl groups is 5. The van der Waals surface area contributed by atoms with E-state index >= 15 is 0 Å². The molecule has 1 fully saturated rings. The second-order valence-electron chi connectivity index (χ2n) is 6.89. The summed E-state index contributed by atoms with van der Waals surface area (Å²) in [7, 11) is -5.42. The highest BCUT2D eigenvalue weighted by atomic mass is 31.2. The number of phosphoric acid groups is 1. The Labute approximate surface area is 157 Å². The van der Waals surface area contributed by atoms with Crippen LogP contribution in [0.5, 0.6) is 0 Å². The zero-order valence-electron chi connectivity index (χ0n) is 14.4. The van der Waals surface area contributed by atoms with Gasteiger partial charge in [0.2, 0.25) is 0 Å². The highest BCUT2D eigenvalue weighted by Gasteiger charge is 2.66. The van der Waals surface area contributed by atoms with Crippen molar-refractivity contribution in [1.82, 2.24) is 0 Å². The van der Waals surface area contributed by atoms with Gasteiger partial charge in [-0.3, -0.25) is 4.52 Å². The van der Waals surface area contributed by atoms with Crippen molar-refractivity contribution in [3.8, 4) is 0 Å². The quantitative estimate of drug-likeness (QED) is 0.222. The fourth-order valence-electron chi connectivity index (χ4n) is 3.46. The van der Waals surface area contributed by atoms with E-state index in [4.69, 9.17) is 8.94 Å². The van der Waals surface area contributed by atoms with Crippen molar-refractivity contribution < 1.29 is 48.8 Å². The van der Waals surface area contributed by atoms with Crippen molar-refractivity contribution in [1.29, 1.82) is 0 Å². The summed E-state index contributed by atoms with van der Waals surface area (Å²) in [5.74, 6) is 0. The molecule has 0 radical (unpaired) electrons. The van der Waals surface area contributed by atoms with E-state index in [0.717, 1.165) is 19.1 Å². The molecule has 1 saturated carbocycles. The lowest BCUT2D eigenvalue weighted by Gasteiger charge is -2.53. The molecule has 154 valence electrons. The van der Waals surface area contributed by atoms with Gasteiger partial charge in [-0.1, -0.05) is 12.1 Å². The molecule has 28 heavy (non-hydrogen) atoms. The van der Waals surface area contributed by atoms with Crippen molar-refractivity contribution in [3.05, 3.63) is 46.3 Å². The molecule has 1 aliphatic rings. The lowest BCUT2D eigenvalue weighted by molar-refractivity contribution is -0.297. The van der Waals surface area contributed by atoms with Crippen LogP contribution in [-0.4, -0.2) is 65.3 Å². The molecule has 1 aromatic heterocycles. The van der Waals surface area contributed by atoms with Gasteiger partial charge in [0.05, 0.1) is 0 Å². The fourth-order valence-corrected chi connectivity index (χ4v) is 4.18. The summed E-state index contributed by atoms with van der Waals surface area (Å²) < 4.78 is 21.3. The maximum absolute atomic E-state index is 11.6. The Balaban J connectivity index is 2.29. The zero-order valence-corrected chi connectivity index (χ0v) is 15.3. The van der Waals surface area contributed by atoms with Crippen LogP contribution in [0.1, 0.15) is 12.5 Å². The Bertz CT molecular complexity index is 975. The van der Waals surface area contributed by atoms with E-state index in [1.165, 1.54) is 18.2 Å². The first-order valence-electron chi connectivity index (χ1n) is 8.06. The number of benzene rings is 1. The third-order valence-electron chi connectivity index (χ3n) is 5.02. The Kier molecular flexibility index (Phi) is 5.04. The van der Waals surface area contributed by atoms with Crippen LogP contribution in [-0.2, 0) is 14.7 Å². The molecule has 11 nitrogen and oxygen atoms in total. The van der Waals surface area contributed by atoms with Gasteiger partial charge in [-0.15, -0.1) is 0 Å². The van der Waals surface area contributed by atoms with Gasteiger partial charge in [-0.05, 0) is 24.6 Å². The van der Waals surface area contributed by atoms with Gasteiger partial charge in [-0.2, -0.15) is 0 Å². The average molecular weight is 418 g/mol. The molecule has 6 atom stereocenters. The second kappa shape index (κ2) is 6.70. The van der Waals surface area contributed by atoms with E-state index in [-0.39, 0.29) is 11.1 Å². The predicted molar refractivity (Wildman–Crippen MR) is 91.9 cm³/mol. The van der Waals surface area contributed by atoms with Crippen LogP contribution >= 0.6 is 7.82 Å². The van der Waals surface area contributed by atoms with Gasteiger partial charge < -0.3 is 39.7 Å². The zero-order chi connectivity index (χ0) is 21.1. The lowest BCUT2D eigenvalue weighted by atomic mass is 9.66. The second-order valence-corrected chi connectivity index (χ2v) is 8.05. The summed E-state index contributed by atoms with van der Waals surface area (Å²) in [6.07, 6.45) is -8.92. The molecule has 3 rings (SSSR count). The molecule has 1 heterocycles. The van der Waals surface area contributed by atoms with Crippen LogP contribution in [0.15, 0.2) is 39.5 Å². The summed E-state index contributed by atoms with van der Waals surface area (Å²) in [6, 6.07) is 6.16. The van der Waals surface area contributed by atoms with E-state index in [0.29, 0.717) is 5.39 Å². The summed E-state index contributed by atoms with van der Waals surface area (Å²) in [5, 5.41) is 52.4. The van der Waals surface area contributed by atoms with E-state index in [1.807, 2.05) is 0 Å². The SMILES string of the molecule is C[C@]1(O)[C@H](O)[C@H](O)[C@@](OP(=O)(O)O)(c2ccc3ccc(=O)oc3c2)[C@@H](O)[C@@H]1O. The molecule has 0 unspecified atom stereocenters. The van der Waals surface area contributed by atoms with Gasteiger partial charge >= 0.3 is 13.4 Å². The van der Waals surface area contributed by atoms with Gasteiger partial charge in [0.1, 0.15) is 35.6 Å². The van der Waals surface area contributed by atoms with Crippen molar-refractivity contribution >= 4 is 18.8 Å². The summed E-state index contributed by atoms with van der Waals surface area (Å²) >= 11 is 0. The van der Waals surface area contributed by atoms with E-state index in [9.17, 15) is 44.7 Å². The molecule has 7 N–H and O–H groups in total. The highest BCUT2D eigenvalue weighted by Crippen LogP contribution is 2.53. The minimum atomic E-state index is -5.42. The first-order chi connectivity index (χ1) is 12.8. The standard InChI is InChI=1S/C16H19O11P/c1-15(22)11(18)13(20)16(14(21)12(15)19,27-28(23,24)25)8-4-2-7-3-5-10(17)26-9(7)6-8/h2-6,11-14,18-22H,1H3,(H2,23,24,25)/t11-,12+,13-,14-,15+,16+/m0/s1. The number of aliphatic hydroxyl groups excluding tert-OH is 4. The minimum absolute atomic E-state index is 0.0700. The summed E-state index contributed by atoms with van der Waals surface area (Å²) in [6.45, 7) is 0.926. The third kappa shape index (κ3) is 3.20. The van der Waals surface area contributed by atoms with Gasteiger partial charge in [0.15, 0.2) is 5.60 Å². The lowest BCUT2D eigenvalue weighted by Crippen LogP contribution is -2.74. The maximum Gasteiger partial charge on any atom is 0.470 e. The van der Waals surface area contributed by atoms with E-state index in [2.05, 4.69) is 0 Å². The Morgan fingerprint density at radius 2 is 1.54 bits per heavy atom. The predicted octanol–water partition coefficient (Wildman–Crippen LogP) is -1.69. The van der Waals surface area contributed by atoms with E-state index < -0.39 is 49.1 Å². The molecular formula is C16H19O11P. The van der Waals surface area contributed by atoms with Crippen molar-refractivity contribution in [3.63, 3.8) is 0 Å². The maximum atomic E-state index is 11.6. The molecule has 12 heteroatoms. The van der Waals surface area contributed by atoms with Crippen LogP contribution in [0.3, 0.4) is 0 Å². The van der Waals surface area contributed by atoms with Crippen LogP contribution in [0.25, 0.3) is 11.0 Å². The monoisotopic (exact) mass is 418 g/mol. The van der Waals surface area contributed by atoms with Crippen LogP contribution in [0.2, 0.25) is 0 Å². The summed E-state index contributed by atoms with van der Waals surface area (Å²) in [5.41, 5.74) is -6.31. The molecular weight excluding hydrogens is 399 g/mol. The van der Waals surface area contributed by atoms with Crippen molar-refractivity contribution in [2.45, 2.75) is 42.5 Å². The van der Waals surface area contributed by atoms with E-state index in [1.54, 1.807) is 0 Å². The Morgan fingerprint density at radius 3 is 2.07 bits per heavy atom. The van der Waals surface area contributed by atoms with Crippen LogP contribution in [0, 0.1) is 0 Å². The smallest absolute Gasteiger partial charge is 0.423 e. The van der Waals surface area contributed by atoms with Gasteiger partial charge in [-0.25, -0.2) is 9.36 Å². The Morgan fingerprint density at radius 1 is 1.00 bits per heavy atom. The number of hydrogen-bond donors (Lipinski definition) is 7. The molecule has 0 bridgehead atoms. The number of phosphoric ester groups is 1.